The zero-order valence-electron chi connectivity index (χ0n) is 17.1. The largest absolute Gasteiger partial charge is 0.495 e. The molecular weight excluding hydrogens is 352 g/mol. The first-order valence-corrected chi connectivity index (χ1v) is 10.4. The van der Waals surface area contributed by atoms with E-state index in [1.165, 1.54) is 12.8 Å². The fraction of sp³-hybridized carbons (Fsp3) is 0.545. The highest BCUT2D eigenvalue weighted by molar-refractivity contribution is 5.94. The van der Waals surface area contributed by atoms with Gasteiger partial charge in [0.1, 0.15) is 11.6 Å². The standard InChI is InChI=1S/C22H30N4O2/c1-4-5-12-26-22-21(15(2)24-26)17(14-20(27)23-22)16-8-9-18(19(13-16)28-3)25-10-6-7-11-25/h8-9,13,17H,4-7,10-12,14H2,1-3H3,(H,23,27). The van der Waals surface area contributed by atoms with Crippen LogP contribution in [-0.4, -0.2) is 35.9 Å². The molecule has 6 nitrogen and oxygen atoms in total. The molecule has 3 heterocycles. The first-order valence-electron chi connectivity index (χ1n) is 10.4. The fourth-order valence-corrected chi connectivity index (χ4v) is 4.50. The summed E-state index contributed by atoms with van der Waals surface area (Å²) in [6.07, 6.45) is 5.05. The number of aromatic nitrogens is 2. The van der Waals surface area contributed by atoms with Gasteiger partial charge in [-0.3, -0.25) is 4.79 Å². The van der Waals surface area contributed by atoms with Gasteiger partial charge in [0.15, 0.2) is 0 Å². The van der Waals surface area contributed by atoms with Crippen molar-refractivity contribution in [1.29, 1.82) is 0 Å². The lowest BCUT2D eigenvalue weighted by atomic mass is 9.85. The summed E-state index contributed by atoms with van der Waals surface area (Å²) in [7, 11) is 1.73. The average molecular weight is 383 g/mol. The van der Waals surface area contributed by atoms with Gasteiger partial charge >= 0.3 is 0 Å². The Morgan fingerprint density at radius 3 is 2.79 bits per heavy atom. The first-order chi connectivity index (χ1) is 13.6. The molecule has 1 atom stereocenters. The lowest BCUT2D eigenvalue weighted by Gasteiger charge is -2.26. The van der Waals surface area contributed by atoms with Crippen LogP contribution in [0.4, 0.5) is 11.5 Å². The van der Waals surface area contributed by atoms with Gasteiger partial charge in [-0.1, -0.05) is 19.4 Å². The molecule has 28 heavy (non-hydrogen) atoms. The SMILES string of the molecule is CCCCn1nc(C)c2c1NC(=O)CC2c1ccc(N2CCCC2)c(OC)c1. The number of carbonyl (C=O) groups is 1. The van der Waals surface area contributed by atoms with E-state index in [0.29, 0.717) is 6.42 Å². The topological polar surface area (TPSA) is 59.4 Å². The number of aryl methyl sites for hydroxylation is 2. The van der Waals surface area contributed by atoms with Crippen molar-refractivity contribution in [3.63, 3.8) is 0 Å². The second kappa shape index (κ2) is 7.86. The van der Waals surface area contributed by atoms with Crippen LogP contribution in [0.25, 0.3) is 0 Å². The van der Waals surface area contributed by atoms with Crippen molar-refractivity contribution < 1.29 is 9.53 Å². The number of rotatable bonds is 6. The normalized spacial score (nSPS) is 18.9. The van der Waals surface area contributed by atoms with Gasteiger partial charge in [-0.25, -0.2) is 4.68 Å². The second-order valence-corrected chi connectivity index (χ2v) is 7.85. The minimum Gasteiger partial charge on any atom is -0.495 e. The monoisotopic (exact) mass is 382 g/mol. The summed E-state index contributed by atoms with van der Waals surface area (Å²) >= 11 is 0. The summed E-state index contributed by atoms with van der Waals surface area (Å²) in [5, 5.41) is 7.79. The maximum Gasteiger partial charge on any atom is 0.226 e. The van der Waals surface area contributed by atoms with Gasteiger partial charge in [0.2, 0.25) is 5.91 Å². The molecule has 1 aromatic heterocycles. The molecule has 0 saturated carbocycles. The van der Waals surface area contributed by atoms with Gasteiger partial charge in [-0.05, 0) is 43.9 Å². The van der Waals surface area contributed by atoms with Crippen LogP contribution < -0.4 is 15.0 Å². The maximum atomic E-state index is 12.5. The van der Waals surface area contributed by atoms with Gasteiger partial charge in [-0.2, -0.15) is 5.10 Å². The van der Waals surface area contributed by atoms with Crippen molar-refractivity contribution in [2.75, 3.05) is 30.4 Å². The molecule has 150 valence electrons. The van der Waals surface area contributed by atoms with Crippen molar-refractivity contribution in [3.8, 4) is 5.75 Å². The number of methoxy groups -OCH3 is 1. The van der Waals surface area contributed by atoms with Crippen LogP contribution in [0.2, 0.25) is 0 Å². The van der Waals surface area contributed by atoms with E-state index >= 15 is 0 Å². The van der Waals surface area contributed by atoms with E-state index in [0.717, 1.165) is 66.6 Å². The summed E-state index contributed by atoms with van der Waals surface area (Å²) in [6.45, 7) is 7.20. The highest BCUT2D eigenvalue weighted by atomic mass is 16.5. The Morgan fingerprint density at radius 2 is 2.07 bits per heavy atom. The van der Waals surface area contributed by atoms with E-state index in [1.54, 1.807) is 7.11 Å². The molecule has 1 saturated heterocycles. The number of hydrogen-bond acceptors (Lipinski definition) is 4. The van der Waals surface area contributed by atoms with Crippen molar-refractivity contribution in [3.05, 3.63) is 35.0 Å². The molecule has 1 N–H and O–H groups in total. The number of nitrogens with zero attached hydrogens (tertiary/aromatic N) is 3. The predicted molar refractivity (Wildman–Crippen MR) is 111 cm³/mol. The number of amides is 1. The number of unbranched alkanes of at least 4 members (excludes halogenated alkanes) is 1. The molecule has 0 radical (unpaired) electrons. The molecule has 0 aliphatic carbocycles. The molecule has 6 heteroatoms. The Kier molecular flexibility index (Phi) is 5.29. The van der Waals surface area contributed by atoms with E-state index in [-0.39, 0.29) is 11.8 Å². The summed E-state index contributed by atoms with van der Waals surface area (Å²) in [5.41, 5.74) is 4.42. The number of nitrogens with one attached hydrogen (secondary N) is 1. The van der Waals surface area contributed by atoms with Crippen LogP contribution in [0.15, 0.2) is 18.2 Å². The summed E-state index contributed by atoms with van der Waals surface area (Å²) < 4.78 is 7.70. The number of anilines is 2. The number of fused-ring (bicyclic) bond motifs is 1. The lowest BCUT2D eigenvalue weighted by Crippen LogP contribution is -2.25. The molecule has 2 aromatic rings. The molecule has 1 fully saturated rings. The molecule has 2 aliphatic heterocycles. The van der Waals surface area contributed by atoms with Crippen molar-refractivity contribution >= 4 is 17.4 Å². The Bertz CT molecular complexity index is 868. The minimum atomic E-state index is 0.0145. The van der Waals surface area contributed by atoms with Gasteiger partial charge in [-0.15, -0.1) is 0 Å². The fourth-order valence-electron chi connectivity index (χ4n) is 4.50. The summed E-state index contributed by atoms with van der Waals surface area (Å²) in [5.74, 6) is 1.83. The third-order valence-electron chi connectivity index (χ3n) is 5.95. The molecule has 2 aliphatic rings. The van der Waals surface area contributed by atoms with Crippen LogP contribution >= 0.6 is 0 Å². The van der Waals surface area contributed by atoms with Gasteiger partial charge in [0.25, 0.3) is 0 Å². The highest BCUT2D eigenvalue weighted by Gasteiger charge is 2.32. The van der Waals surface area contributed by atoms with Crippen molar-refractivity contribution in [1.82, 2.24) is 9.78 Å². The zero-order chi connectivity index (χ0) is 19.7. The van der Waals surface area contributed by atoms with Gasteiger partial charge in [0, 0.05) is 37.5 Å². The third-order valence-corrected chi connectivity index (χ3v) is 5.95. The van der Waals surface area contributed by atoms with E-state index in [4.69, 9.17) is 9.84 Å². The molecule has 4 rings (SSSR count). The quantitative estimate of drug-likeness (QED) is 0.818. The number of benzene rings is 1. The Labute approximate surface area is 166 Å². The number of hydrogen-bond donors (Lipinski definition) is 1. The Hall–Kier alpha value is -2.50. The maximum absolute atomic E-state index is 12.5. The molecule has 1 unspecified atom stereocenters. The van der Waals surface area contributed by atoms with Crippen LogP contribution in [0.3, 0.4) is 0 Å². The van der Waals surface area contributed by atoms with E-state index in [9.17, 15) is 4.79 Å². The average Bonchev–Trinajstić information content (AvgIpc) is 3.34. The first kappa shape index (κ1) is 18.8. The summed E-state index contributed by atoms with van der Waals surface area (Å²) in [6, 6.07) is 6.43. The minimum absolute atomic E-state index is 0.0145. The second-order valence-electron chi connectivity index (χ2n) is 7.85. The van der Waals surface area contributed by atoms with Gasteiger partial charge < -0.3 is 15.0 Å². The number of carbonyl (C=O) groups excluding carboxylic acids is 1. The van der Waals surface area contributed by atoms with E-state index < -0.39 is 0 Å². The number of ether oxygens (including phenoxy) is 1. The molecule has 1 aromatic carbocycles. The predicted octanol–water partition coefficient (Wildman–Crippen LogP) is 4.07. The Balaban J connectivity index is 1.72. The lowest BCUT2D eigenvalue weighted by molar-refractivity contribution is -0.116. The van der Waals surface area contributed by atoms with E-state index in [1.807, 2.05) is 11.6 Å². The Morgan fingerprint density at radius 1 is 1.29 bits per heavy atom. The molecule has 0 bridgehead atoms. The van der Waals surface area contributed by atoms with Crippen molar-refractivity contribution in [2.24, 2.45) is 0 Å². The summed E-state index contributed by atoms with van der Waals surface area (Å²) in [4.78, 5) is 14.9. The smallest absolute Gasteiger partial charge is 0.226 e. The highest BCUT2D eigenvalue weighted by Crippen LogP contribution is 2.42. The van der Waals surface area contributed by atoms with Crippen LogP contribution in [0.1, 0.15) is 61.8 Å². The van der Waals surface area contributed by atoms with Crippen LogP contribution in [0, 0.1) is 6.92 Å². The van der Waals surface area contributed by atoms with Crippen molar-refractivity contribution in [2.45, 2.75) is 58.4 Å². The third kappa shape index (κ3) is 3.36. The molecular formula is C22H30N4O2. The van der Waals surface area contributed by atoms with Crippen LogP contribution in [0.5, 0.6) is 5.75 Å². The zero-order valence-corrected chi connectivity index (χ0v) is 17.1. The van der Waals surface area contributed by atoms with Crippen LogP contribution in [-0.2, 0) is 11.3 Å². The molecule has 0 spiro atoms. The molecule has 1 amide bonds. The van der Waals surface area contributed by atoms with E-state index in [2.05, 4.69) is 35.3 Å². The van der Waals surface area contributed by atoms with Gasteiger partial charge in [0.05, 0.1) is 18.5 Å².